The first-order chi connectivity index (χ1) is 18.0. The number of halogens is 2. The average molecular weight is 546 g/mol. The molecule has 0 aliphatic carbocycles. The van der Waals surface area contributed by atoms with Crippen LogP contribution in [0.15, 0.2) is 24.4 Å². The molecule has 5 heterocycles. The van der Waals surface area contributed by atoms with Crippen LogP contribution in [0.1, 0.15) is 42.5 Å². The van der Waals surface area contributed by atoms with Gasteiger partial charge in [-0.1, -0.05) is 11.6 Å². The second kappa shape index (κ2) is 10.4. The van der Waals surface area contributed by atoms with Gasteiger partial charge in [-0.15, -0.1) is 11.3 Å². The summed E-state index contributed by atoms with van der Waals surface area (Å²) in [6.45, 7) is 2.84. The van der Waals surface area contributed by atoms with E-state index in [2.05, 4.69) is 9.88 Å². The standard InChI is InChI=1S/C27H29ClFN3O4S/c28-17-10-16-4-3-7-32(18-6-8-31(14-18)27(33)34)25(16)20(11-17)24-21(29)13-30-22-12-19(37-26(22)24)15-36-23-5-1-2-9-35-23/h10-13,18,23H,1-9,14-15H2,(H,33,34). The molecule has 3 aliphatic rings. The average Bonchev–Trinajstić information content (AvgIpc) is 3.55. The molecule has 37 heavy (non-hydrogen) atoms. The summed E-state index contributed by atoms with van der Waals surface area (Å²) in [6.07, 6.45) is 5.74. The summed E-state index contributed by atoms with van der Waals surface area (Å²) in [4.78, 5) is 20.6. The van der Waals surface area contributed by atoms with Crippen LogP contribution >= 0.6 is 22.9 Å². The normalized spacial score (nSPS) is 22.0. The van der Waals surface area contributed by atoms with Crippen molar-refractivity contribution in [3.05, 3.63) is 45.7 Å². The number of rotatable bonds is 5. The maximum atomic E-state index is 15.6. The zero-order valence-electron chi connectivity index (χ0n) is 20.4. The molecule has 0 bridgehead atoms. The first-order valence-corrected chi connectivity index (χ1v) is 14.0. The highest BCUT2D eigenvalue weighted by molar-refractivity contribution is 7.19. The second-order valence-corrected chi connectivity index (χ2v) is 11.5. The Balaban J connectivity index is 1.39. The molecule has 3 aromatic rings. The van der Waals surface area contributed by atoms with Gasteiger partial charge in [0.15, 0.2) is 12.1 Å². The van der Waals surface area contributed by atoms with Gasteiger partial charge in [-0.2, -0.15) is 0 Å². The van der Waals surface area contributed by atoms with Gasteiger partial charge in [-0.05, 0) is 62.3 Å². The molecule has 6 rings (SSSR count). The van der Waals surface area contributed by atoms with E-state index < -0.39 is 11.9 Å². The van der Waals surface area contributed by atoms with Crippen LogP contribution in [0.4, 0.5) is 14.9 Å². The highest BCUT2D eigenvalue weighted by atomic mass is 35.5. The van der Waals surface area contributed by atoms with Crippen LogP contribution in [0.2, 0.25) is 5.02 Å². The Bertz CT molecular complexity index is 1330. The number of aromatic nitrogens is 1. The molecule has 196 valence electrons. The fourth-order valence-electron chi connectivity index (χ4n) is 5.81. The summed E-state index contributed by atoms with van der Waals surface area (Å²) in [5, 5.41) is 10.1. The Kier molecular flexibility index (Phi) is 6.96. The van der Waals surface area contributed by atoms with Gasteiger partial charge in [0.2, 0.25) is 0 Å². The van der Waals surface area contributed by atoms with Crippen LogP contribution in [0.3, 0.4) is 0 Å². The zero-order chi connectivity index (χ0) is 25.5. The van der Waals surface area contributed by atoms with Crippen molar-refractivity contribution in [2.45, 2.75) is 57.5 Å². The van der Waals surface area contributed by atoms with Crippen molar-refractivity contribution in [3.63, 3.8) is 0 Å². The first kappa shape index (κ1) is 24.9. The van der Waals surface area contributed by atoms with E-state index in [4.69, 9.17) is 21.1 Å². The zero-order valence-corrected chi connectivity index (χ0v) is 22.0. The number of nitrogens with zero attached hydrogens (tertiary/aromatic N) is 3. The van der Waals surface area contributed by atoms with Gasteiger partial charge in [0.05, 0.1) is 23.0 Å². The number of aryl methyl sites for hydroxylation is 1. The van der Waals surface area contributed by atoms with Gasteiger partial charge in [-0.3, -0.25) is 4.98 Å². The minimum atomic E-state index is -0.898. The fraction of sp³-hybridized carbons (Fsp3) is 0.481. The van der Waals surface area contributed by atoms with Gasteiger partial charge in [0, 0.05) is 59.0 Å². The third-order valence-electron chi connectivity index (χ3n) is 7.53. The quantitative estimate of drug-likeness (QED) is 0.405. The molecular weight excluding hydrogens is 517 g/mol. The third kappa shape index (κ3) is 4.90. The van der Waals surface area contributed by atoms with Gasteiger partial charge in [0.1, 0.15) is 0 Å². The van der Waals surface area contributed by atoms with E-state index in [1.807, 2.05) is 18.2 Å². The fourth-order valence-corrected chi connectivity index (χ4v) is 7.13. The van der Waals surface area contributed by atoms with Crippen LogP contribution in [0.25, 0.3) is 21.3 Å². The number of pyridine rings is 1. The third-order valence-corrected chi connectivity index (χ3v) is 8.86. The number of carbonyl (C=O) groups is 1. The lowest BCUT2D eigenvalue weighted by Crippen LogP contribution is -2.42. The number of carboxylic acid groups (broad SMARTS) is 1. The molecule has 3 aliphatic heterocycles. The number of fused-ring (bicyclic) bond motifs is 2. The van der Waals surface area contributed by atoms with E-state index in [0.29, 0.717) is 30.3 Å². The van der Waals surface area contributed by atoms with Gasteiger partial charge < -0.3 is 24.4 Å². The van der Waals surface area contributed by atoms with Crippen molar-refractivity contribution in [2.24, 2.45) is 0 Å². The predicted molar refractivity (Wildman–Crippen MR) is 142 cm³/mol. The number of hydrogen-bond donors (Lipinski definition) is 1. The van der Waals surface area contributed by atoms with Crippen molar-refractivity contribution in [3.8, 4) is 11.1 Å². The molecule has 0 spiro atoms. The molecule has 0 radical (unpaired) electrons. The van der Waals surface area contributed by atoms with Gasteiger partial charge in [-0.25, -0.2) is 9.18 Å². The minimum absolute atomic E-state index is 0.0401. The summed E-state index contributed by atoms with van der Waals surface area (Å²) in [5.74, 6) is -0.397. The molecule has 2 saturated heterocycles. The minimum Gasteiger partial charge on any atom is -0.465 e. The number of likely N-dealkylation sites (tertiary alicyclic amines) is 1. The van der Waals surface area contributed by atoms with E-state index in [1.165, 1.54) is 22.4 Å². The van der Waals surface area contributed by atoms with Crippen molar-refractivity contribution in [1.82, 2.24) is 9.88 Å². The molecule has 1 amide bonds. The van der Waals surface area contributed by atoms with E-state index in [1.54, 1.807) is 0 Å². The SMILES string of the molecule is O=C(O)N1CCC(N2CCCc3cc(Cl)cc(-c4c(F)cnc5cc(COC6CCCCO6)sc45)c32)C1. The molecule has 1 aromatic carbocycles. The first-order valence-electron chi connectivity index (χ1n) is 12.9. The lowest BCUT2D eigenvalue weighted by Gasteiger charge is -2.38. The van der Waals surface area contributed by atoms with E-state index >= 15 is 4.39 Å². The Morgan fingerprint density at radius 1 is 1.24 bits per heavy atom. The topological polar surface area (TPSA) is 75.1 Å². The summed E-state index contributed by atoms with van der Waals surface area (Å²) in [5.41, 5.74) is 3.99. The van der Waals surface area contributed by atoms with Crippen LogP contribution in [-0.2, 0) is 22.5 Å². The number of hydrogen-bond acceptors (Lipinski definition) is 6. The van der Waals surface area contributed by atoms with E-state index in [-0.39, 0.29) is 12.3 Å². The Hall–Kier alpha value is -2.46. The number of amides is 1. The predicted octanol–water partition coefficient (Wildman–Crippen LogP) is 6.30. The lowest BCUT2D eigenvalue weighted by atomic mass is 9.92. The summed E-state index contributed by atoms with van der Waals surface area (Å²) in [7, 11) is 0. The lowest BCUT2D eigenvalue weighted by molar-refractivity contribution is -0.168. The molecule has 2 atom stereocenters. The number of thiophene rings is 1. The summed E-state index contributed by atoms with van der Waals surface area (Å²) < 4.78 is 28.0. The van der Waals surface area contributed by atoms with E-state index in [0.717, 1.165) is 83.6 Å². The van der Waals surface area contributed by atoms with Crippen LogP contribution in [0, 0.1) is 5.82 Å². The monoisotopic (exact) mass is 545 g/mol. The highest BCUT2D eigenvalue weighted by Crippen LogP contribution is 2.46. The maximum absolute atomic E-state index is 15.6. The number of anilines is 1. The van der Waals surface area contributed by atoms with Crippen molar-refractivity contribution >= 4 is 44.9 Å². The Labute approximate surface area is 223 Å². The highest BCUT2D eigenvalue weighted by Gasteiger charge is 2.35. The Morgan fingerprint density at radius 2 is 2.14 bits per heavy atom. The molecule has 7 nitrogen and oxygen atoms in total. The van der Waals surface area contributed by atoms with Crippen LogP contribution in [0.5, 0.6) is 0 Å². The largest absolute Gasteiger partial charge is 0.465 e. The molecule has 2 aromatic heterocycles. The molecule has 1 N–H and O–H groups in total. The van der Waals surface area contributed by atoms with E-state index in [9.17, 15) is 9.90 Å². The summed E-state index contributed by atoms with van der Waals surface area (Å²) in [6, 6.07) is 5.80. The van der Waals surface area contributed by atoms with Gasteiger partial charge in [0.25, 0.3) is 0 Å². The number of ether oxygens (including phenoxy) is 2. The second-order valence-electron chi connectivity index (χ2n) is 9.94. The Morgan fingerprint density at radius 3 is 2.92 bits per heavy atom. The van der Waals surface area contributed by atoms with Gasteiger partial charge >= 0.3 is 6.09 Å². The molecule has 10 heteroatoms. The van der Waals surface area contributed by atoms with Crippen LogP contribution in [-0.4, -0.2) is 59.7 Å². The smallest absolute Gasteiger partial charge is 0.407 e. The molecule has 2 fully saturated rings. The molecule has 0 saturated carbocycles. The maximum Gasteiger partial charge on any atom is 0.407 e. The summed E-state index contributed by atoms with van der Waals surface area (Å²) >= 11 is 8.06. The van der Waals surface area contributed by atoms with Crippen molar-refractivity contribution < 1.29 is 23.8 Å². The molecule has 2 unspecified atom stereocenters. The number of benzene rings is 1. The van der Waals surface area contributed by atoms with Crippen LogP contribution < -0.4 is 4.90 Å². The van der Waals surface area contributed by atoms with Crippen molar-refractivity contribution in [2.75, 3.05) is 31.1 Å². The van der Waals surface area contributed by atoms with Crippen molar-refractivity contribution in [1.29, 1.82) is 0 Å². The molecular formula is C27H29ClFN3O4S.